The monoisotopic (exact) mass is 524 g/mol. The second kappa shape index (κ2) is 10.9. The molecular weight excluding hydrogens is 492 g/mol. The Morgan fingerprint density at radius 1 is 1.13 bits per heavy atom. The van der Waals surface area contributed by atoms with Gasteiger partial charge in [-0.2, -0.15) is 0 Å². The Morgan fingerprint density at radius 3 is 2.56 bits per heavy atom. The zero-order valence-electron chi connectivity index (χ0n) is 22.9. The van der Waals surface area contributed by atoms with E-state index in [0.29, 0.717) is 52.8 Å². The van der Waals surface area contributed by atoms with Gasteiger partial charge in [0.05, 0.1) is 25.3 Å². The maximum atomic E-state index is 12.4. The van der Waals surface area contributed by atoms with E-state index in [1.165, 1.54) is 4.90 Å². The number of nitrogens with zero attached hydrogens (tertiary/aromatic N) is 4. The molecule has 0 aliphatic carbocycles. The number of amides is 1. The first-order chi connectivity index (χ1) is 18.8. The molecule has 0 saturated carbocycles. The van der Waals surface area contributed by atoms with Crippen molar-refractivity contribution in [3.05, 3.63) is 70.8 Å². The summed E-state index contributed by atoms with van der Waals surface area (Å²) in [6.07, 6.45) is 5.13. The van der Waals surface area contributed by atoms with Crippen molar-refractivity contribution in [1.29, 1.82) is 0 Å². The highest BCUT2D eigenvalue weighted by Crippen LogP contribution is 2.42. The van der Waals surface area contributed by atoms with Crippen molar-refractivity contribution < 1.29 is 18.7 Å². The molecule has 0 unspecified atom stereocenters. The first kappa shape index (κ1) is 26.4. The highest BCUT2D eigenvalue weighted by molar-refractivity contribution is 5.96. The van der Waals surface area contributed by atoms with Crippen molar-refractivity contribution in [2.24, 2.45) is 0 Å². The molecule has 8 heteroatoms. The van der Waals surface area contributed by atoms with Crippen LogP contribution in [0.25, 0.3) is 38.5 Å². The number of furan rings is 1. The lowest BCUT2D eigenvalue weighted by Crippen LogP contribution is -2.25. The summed E-state index contributed by atoms with van der Waals surface area (Å²) in [4.78, 5) is 27.0. The molecule has 1 aromatic carbocycles. The summed E-state index contributed by atoms with van der Waals surface area (Å²) in [5, 5.41) is 0. The van der Waals surface area contributed by atoms with E-state index in [4.69, 9.17) is 25.4 Å². The van der Waals surface area contributed by atoms with Gasteiger partial charge in [-0.25, -0.2) is 4.85 Å². The first-order valence-electron chi connectivity index (χ1n) is 13.1. The lowest BCUT2D eigenvalue weighted by Gasteiger charge is -2.24. The minimum Gasteiger partial charge on any atom is -0.501 e. The van der Waals surface area contributed by atoms with Gasteiger partial charge in [0.1, 0.15) is 23.1 Å². The number of ether oxygens (including phenoxy) is 2. The fourth-order valence-electron chi connectivity index (χ4n) is 4.88. The third kappa shape index (κ3) is 5.23. The zero-order chi connectivity index (χ0) is 27.7. The van der Waals surface area contributed by atoms with E-state index >= 15 is 0 Å². The molecule has 0 atom stereocenters. The number of carbonyl (C=O) groups excluding carboxylic acids is 1. The summed E-state index contributed by atoms with van der Waals surface area (Å²) in [5.74, 6) is 1.23. The summed E-state index contributed by atoms with van der Waals surface area (Å²) < 4.78 is 18.1. The lowest BCUT2D eigenvalue weighted by atomic mass is 9.93. The topological polar surface area (TPSA) is 82.1 Å². The number of fused-ring (bicyclic) bond motifs is 1. The molecule has 39 heavy (non-hydrogen) atoms. The molecule has 4 aromatic rings. The van der Waals surface area contributed by atoms with Crippen molar-refractivity contribution in [3.8, 4) is 28.3 Å². The van der Waals surface area contributed by atoms with E-state index in [9.17, 15) is 4.79 Å². The molecule has 0 radical (unpaired) electrons. The summed E-state index contributed by atoms with van der Waals surface area (Å²) in [5.41, 5.74) is 6.60. The van der Waals surface area contributed by atoms with Gasteiger partial charge in [0.25, 0.3) is 5.91 Å². The number of benzene rings is 1. The van der Waals surface area contributed by atoms with Crippen LogP contribution in [0, 0.1) is 13.5 Å². The van der Waals surface area contributed by atoms with Gasteiger partial charge in [0, 0.05) is 51.0 Å². The Labute approximate surface area is 228 Å². The van der Waals surface area contributed by atoms with E-state index in [2.05, 4.69) is 23.7 Å². The average Bonchev–Trinajstić information content (AvgIpc) is 3.36. The Balaban J connectivity index is 1.58. The van der Waals surface area contributed by atoms with Crippen LogP contribution in [0.1, 0.15) is 54.1 Å². The fourth-order valence-corrected chi connectivity index (χ4v) is 4.88. The minimum atomic E-state index is -0.104. The van der Waals surface area contributed by atoms with Crippen LogP contribution in [-0.2, 0) is 4.74 Å². The summed E-state index contributed by atoms with van der Waals surface area (Å²) in [6.45, 7) is 15.3. The van der Waals surface area contributed by atoms with E-state index in [1.54, 1.807) is 20.3 Å². The third-order valence-corrected chi connectivity index (χ3v) is 6.99. The fraction of sp³-hybridized carbons (Fsp3) is 0.355. The maximum absolute atomic E-state index is 12.4. The van der Waals surface area contributed by atoms with Crippen LogP contribution in [0.2, 0.25) is 0 Å². The predicted octanol–water partition coefficient (Wildman–Crippen LogP) is 6.80. The van der Waals surface area contributed by atoms with Crippen molar-refractivity contribution >= 4 is 22.7 Å². The van der Waals surface area contributed by atoms with Crippen LogP contribution in [0.4, 0.5) is 5.69 Å². The van der Waals surface area contributed by atoms with Gasteiger partial charge in [-0.1, -0.05) is 19.9 Å². The van der Waals surface area contributed by atoms with Gasteiger partial charge in [-0.3, -0.25) is 14.8 Å². The molecule has 4 heterocycles. The van der Waals surface area contributed by atoms with Crippen molar-refractivity contribution in [2.75, 3.05) is 27.3 Å². The summed E-state index contributed by atoms with van der Waals surface area (Å²) >= 11 is 0. The van der Waals surface area contributed by atoms with Gasteiger partial charge in [-0.15, -0.1) is 0 Å². The second-order valence-corrected chi connectivity index (χ2v) is 10.4. The average molecular weight is 525 g/mol. The molecule has 1 aliphatic rings. The first-order valence-corrected chi connectivity index (χ1v) is 13.1. The molecule has 3 aromatic heterocycles. The molecule has 8 nitrogen and oxygen atoms in total. The van der Waals surface area contributed by atoms with Crippen molar-refractivity contribution in [3.63, 3.8) is 0 Å². The molecule has 1 saturated heterocycles. The predicted molar refractivity (Wildman–Crippen MR) is 150 cm³/mol. The van der Waals surface area contributed by atoms with E-state index in [-0.39, 0.29) is 17.9 Å². The SMILES string of the molecule is [C-]#[N+]c1cc(-c2c(C(C)C)cnc3cc(-c4ncc(C(=O)N(C)C)cc4C)oc23)ccc1OC1CCOCC1. The van der Waals surface area contributed by atoms with E-state index < -0.39 is 0 Å². The van der Waals surface area contributed by atoms with Crippen LogP contribution < -0.4 is 4.74 Å². The number of hydrogen-bond acceptors (Lipinski definition) is 6. The molecule has 0 bridgehead atoms. The second-order valence-electron chi connectivity index (χ2n) is 10.4. The highest BCUT2D eigenvalue weighted by atomic mass is 16.5. The Bertz CT molecular complexity index is 1580. The van der Waals surface area contributed by atoms with Crippen molar-refractivity contribution in [1.82, 2.24) is 14.9 Å². The number of aromatic nitrogens is 2. The summed E-state index contributed by atoms with van der Waals surface area (Å²) in [6, 6.07) is 9.44. The van der Waals surface area contributed by atoms with Crippen LogP contribution in [-0.4, -0.2) is 54.2 Å². The molecule has 1 fully saturated rings. The van der Waals surface area contributed by atoms with Crippen LogP contribution in [0.3, 0.4) is 0 Å². The van der Waals surface area contributed by atoms with E-state index in [1.807, 2.05) is 43.5 Å². The smallest absolute Gasteiger partial charge is 0.254 e. The number of carbonyl (C=O) groups is 1. The summed E-state index contributed by atoms with van der Waals surface area (Å²) in [7, 11) is 3.43. The van der Waals surface area contributed by atoms with Crippen LogP contribution >= 0.6 is 0 Å². The molecule has 5 rings (SSSR count). The van der Waals surface area contributed by atoms with Gasteiger partial charge in [0.15, 0.2) is 11.3 Å². The number of rotatable bonds is 6. The third-order valence-electron chi connectivity index (χ3n) is 6.99. The Kier molecular flexibility index (Phi) is 7.36. The van der Waals surface area contributed by atoms with Crippen LogP contribution in [0.5, 0.6) is 5.75 Å². The number of pyridine rings is 2. The number of aryl methyl sites for hydroxylation is 1. The lowest BCUT2D eigenvalue weighted by molar-refractivity contribution is 0.0259. The molecule has 0 N–H and O–H groups in total. The number of hydrogen-bond donors (Lipinski definition) is 0. The molecule has 1 aliphatic heterocycles. The van der Waals surface area contributed by atoms with E-state index in [0.717, 1.165) is 35.1 Å². The van der Waals surface area contributed by atoms with Gasteiger partial charge < -0.3 is 18.8 Å². The van der Waals surface area contributed by atoms with Gasteiger partial charge >= 0.3 is 0 Å². The highest BCUT2D eigenvalue weighted by Gasteiger charge is 2.22. The van der Waals surface area contributed by atoms with Crippen molar-refractivity contribution in [2.45, 2.75) is 45.6 Å². The Hall–Kier alpha value is -4.22. The van der Waals surface area contributed by atoms with Gasteiger partial charge in [0.2, 0.25) is 5.69 Å². The van der Waals surface area contributed by atoms with Crippen LogP contribution in [0.15, 0.2) is 47.1 Å². The minimum absolute atomic E-state index is 0.0479. The molecule has 1 amide bonds. The Morgan fingerprint density at radius 2 is 1.90 bits per heavy atom. The quantitative estimate of drug-likeness (QED) is 0.258. The van der Waals surface area contributed by atoms with Gasteiger partial charge in [-0.05, 0) is 47.7 Å². The maximum Gasteiger partial charge on any atom is 0.254 e. The largest absolute Gasteiger partial charge is 0.501 e. The molecule has 200 valence electrons. The standard InChI is InChI=1S/C31H32N4O4/c1-18(2)23-17-33-25-15-27(29-19(3)13-21(16-34-29)31(36)35(5)6)39-30(25)28(23)20-7-8-26(24(14-20)32-4)38-22-9-11-37-12-10-22/h7-8,13-18,22H,9-12H2,1-3,5-6H3. The molecule has 0 spiro atoms. The molecular formula is C31H32N4O4. The zero-order valence-corrected chi connectivity index (χ0v) is 22.9. The normalized spacial score (nSPS) is 14.0.